The van der Waals surface area contributed by atoms with Gasteiger partial charge in [0, 0.05) is 12.0 Å². The number of rotatable bonds is 6. The lowest BCUT2D eigenvalue weighted by molar-refractivity contribution is -0.138. The number of ketones is 1. The second-order valence-electron chi connectivity index (χ2n) is 3.96. The summed E-state index contributed by atoms with van der Waals surface area (Å²) in [5.41, 5.74) is 7.12. The zero-order chi connectivity index (χ0) is 12.8. The third-order valence-electron chi connectivity index (χ3n) is 2.68. The molecule has 0 saturated carbocycles. The van der Waals surface area contributed by atoms with Gasteiger partial charge in [-0.25, -0.2) is 0 Å². The van der Waals surface area contributed by atoms with E-state index in [1.54, 1.807) is 12.1 Å². The predicted molar refractivity (Wildman–Crippen MR) is 65.0 cm³/mol. The molecule has 0 radical (unpaired) electrons. The fraction of sp³-hybridized carbons (Fsp3) is 0.385. The van der Waals surface area contributed by atoms with Gasteiger partial charge in [-0.05, 0) is 18.4 Å². The van der Waals surface area contributed by atoms with Crippen molar-refractivity contribution in [2.75, 3.05) is 0 Å². The summed E-state index contributed by atoms with van der Waals surface area (Å²) < 4.78 is 0. The van der Waals surface area contributed by atoms with Crippen molar-refractivity contribution in [3.63, 3.8) is 0 Å². The number of benzene rings is 1. The Morgan fingerprint density at radius 2 is 1.88 bits per heavy atom. The molecule has 0 aliphatic carbocycles. The molecule has 1 atom stereocenters. The number of carboxylic acids is 1. The van der Waals surface area contributed by atoms with Gasteiger partial charge in [0.15, 0.2) is 5.78 Å². The second-order valence-corrected chi connectivity index (χ2v) is 3.96. The minimum absolute atomic E-state index is 0.0654. The van der Waals surface area contributed by atoms with Crippen LogP contribution < -0.4 is 5.73 Å². The molecule has 1 aromatic rings. The van der Waals surface area contributed by atoms with Gasteiger partial charge in [-0.2, -0.15) is 0 Å². The molecule has 92 valence electrons. The Morgan fingerprint density at radius 3 is 2.35 bits per heavy atom. The van der Waals surface area contributed by atoms with Gasteiger partial charge in [0.05, 0.1) is 0 Å². The lowest BCUT2D eigenvalue weighted by Gasteiger charge is -2.05. The molecule has 0 bridgehead atoms. The third-order valence-corrected chi connectivity index (χ3v) is 2.68. The summed E-state index contributed by atoms with van der Waals surface area (Å²) in [6.45, 7) is 2.04. The van der Waals surface area contributed by atoms with Crippen molar-refractivity contribution in [3.05, 3.63) is 35.4 Å². The van der Waals surface area contributed by atoms with E-state index in [1.807, 2.05) is 19.1 Å². The molecule has 0 aliphatic heterocycles. The van der Waals surface area contributed by atoms with Gasteiger partial charge in [-0.15, -0.1) is 0 Å². The molecule has 17 heavy (non-hydrogen) atoms. The Labute approximate surface area is 100 Å². The first kappa shape index (κ1) is 13.4. The van der Waals surface area contributed by atoms with Crippen molar-refractivity contribution in [2.24, 2.45) is 5.73 Å². The summed E-state index contributed by atoms with van der Waals surface area (Å²) >= 11 is 0. The van der Waals surface area contributed by atoms with E-state index in [-0.39, 0.29) is 18.6 Å². The van der Waals surface area contributed by atoms with Crippen LogP contribution in [0.2, 0.25) is 0 Å². The van der Waals surface area contributed by atoms with Crippen LogP contribution in [-0.2, 0) is 11.2 Å². The maximum atomic E-state index is 11.7. The summed E-state index contributed by atoms with van der Waals surface area (Å²) in [5, 5.41) is 8.60. The van der Waals surface area contributed by atoms with Gasteiger partial charge < -0.3 is 10.8 Å². The highest BCUT2D eigenvalue weighted by Gasteiger charge is 2.14. The van der Waals surface area contributed by atoms with Gasteiger partial charge in [-0.3, -0.25) is 9.59 Å². The average Bonchev–Trinajstić information content (AvgIpc) is 2.35. The molecule has 0 aromatic heterocycles. The van der Waals surface area contributed by atoms with E-state index in [2.05, 4.69) is 0 Å². The molecule has 1 aromatic carbocycles. The summed E-state index contributed by atoms with van der Waals surface area (Å²) in [6.07, 6.45) is 1.26. The first-order valence-electron chi connectivity index (χ1n) is 5.65. The van der Waals surface area contributed by atoms with Crippen LogP contribution >= 0.6 is 0 Å². The van der Waals surface area contributed by atoms with E-state index in [0.29, 0.717) is 5.56 Å². The van der Waals surface area contributed by atoms with E-state index < -0.39 is 12.0 Å². The molecular weight excluding hydrogens is 218 g/mol. The minimum Gasteiger partial charge on any atom is -0.480 e. The number of Topliss-reactive ketones (excluding diaryl/α,β-unsaturated/α-hetero) is 1. The van der Waals surface area contributed by atoms with E-state index >= 15 is 0 Å². The normalized spacial score (nSPS) is 12.1. The maximum absolute atomic E-state index is 11.7. The quantitative estimate of drug-likeness (QED) is 0.734. The van der Waals surface area contributed by atoms with Crippen molar-refractivity contribution >= 4 is 11.8 Å². The molecule has 4 heteroatoms. The highest BCUT2D eigenvalue weighted by Crippen LogP contribution is 2.09. The van der Waals surface area contributed by atoms with Crippen molar-refractivity contribution in [1.82, 2.24) is 0 Å². The number of aliphatic carboxylic acids is 1. The van der Waals surface area contributed by atoms with Crippen LogP contribution in [0.1, 0.15) is 35.7 Å². The smallest absolute Gasteiger partial charge is 0.320 e. The molecule has 0 heterocycles. The topological polar surface area (TPSA) is 80.4 Å². The van der Waals surface area contributed by atoms with Gasteiger partial charge >= 0.3 is 5.97 Å². The lowest BCUT2D eigenvalue weighted by Crippen LogP contribution is -2.30. The SMILES string of the molecule is CCc1ccc(C(=O)CC[C@H](N)C(=O)O)cc1. The first-order chi connectivity index (χ1) is 8.04. The van der Waals surface area contributed by atoms with E-state index in [9.17, 15) is 9.59 Å². The molecule has 0 amide bonds. The van der Waals surface area contributed by atoms with E-state index in [4.69, 9.17) is 10.8 Å². The first-order valence-corrected chi connectivity index (χ1v) is 5.65. The molecular formula is C13H17NO3. The molecule has 4 nitrogen and oxygen atoms in total. The summed E-state index contributed by atoms with van der Waals surface area (Å²) in [6, 6.07) is 6.39. The Kier molecular flexibility index (Phi) is 4.84. The van der Waals surface area contributed by atoms with Crippen molar-refractivity contribution in [1.29, 1.82) is 0 Å². The molecule has 0 aliphatic rings. The Balaban J connectivity index is 2.55. The molecule has 0 fully saturated rings. The Bertz CT molecular complexity index is 398. The summed E-state index contributed by atoms with van der Waals surface area (Å²) in [7, 11) is 0. The lowest BCUT2D eigenvalue weighted by atomic mass is 10.0. The van der Waals surface area contributed by atoms with Gasteiger partial charge in [-0.1, -0.05) is 31.2 Å². The summed E-state index contributed by atoms with van der Waals surface area (Å²) in [4.78, 5) is 22.2. The Morgan fingerprint density at radius 1 is 1.29 bits per heavy atom. The number of hydrogen-bond donors (Lipinski definition) is 2. The van der Waals surface area contributed by atoms with Crippen LogP contribution in [0.25, 0.3) is 0 Å². The van der Waals surface area contributed by atoms with Crippen molar-refractivity contribution in [3.8, 4) is 0 Å². The average molecular weight is 235 g/mol. The molecule has 3 N–H and O–H groups in total. The zero-order valence-electron chi connectivity index (χ0n) is 9.85. The van der Waals surface area contributed by atoms with Crippen LogP contribution in [0.15, 0.2) is 24.3 Å². The molecule has 1 rings (SSSR count). The predicted octanol–water partition coefficient (Wildman–Crippen LogP) is 1.62. The number of nitrogens with two attached hydrogens (primary N) is 1. The third kappa shape index (κ3) is 4.00. The van der Waals surface area contributed by atoms with Crippen LogP contribution in [0.3, 0.4) is 0 Å². The zero-order valence-corrected chi connectivity index (χ0v) is 9.85. The number of carboxylic acid groups (broad SMARTS) is 1. The van der Waals surface area contributed by atoms with Gasteiger partial charge in [0.2, 0.25) is 0 Å². The highest BCUT2D eigenvalue weighted by atomic mass is 16.4. The van der Waals surface area contributed by atoms with Crippen LogP contribution in [-0.4, -0.2) is 22.9 Å². The number of hydrogen-bond acceptors (Lipinski definition) is 3. The standard InChI is InChI=1S/C13H17NO3/c1-2-9-3-5-10(6-4-9)12(15)8-7-11(14)13(16)17/h3-6,11H,2,7-8,14H2,1H3,(H,16,17)/t11-/m0/s1. The minimum atomic E-state index is -1.07. The fourth-order valence-electron chi connectivity index (χ4n) is 1.48. The van der Waals surface area contributed by atoms with Crippen LogP contribution in [0, 0.1) is 0 Å². The van der Waals surface area contributed by atoms with E-state index in [1.165, 1.54) is 5.56 Å². The van der Waals surface area contributed by atoms with Crippen LogP contribution in [0.5, 0.6) is 0 Å². The van der Waals surface area contributed by atoms with Gasteiger partial charge in [0.25, 0.3) is 0 Å². The number of carbonyl (C=O) groups is 2. The van der Waals surface area contributed by atoms with Crippen molar-refractivity contribution < 1.29 is 14.7 Å². The van der Waals surface area contributed by atoms with Crippen molar-refractivity contribution in [2.45, 2.75) is 32.2 Å². The fourth-order valence-corrected chi connectivity index (χ4v) is 1.48. The maximum Gasteiger partial charge on any atom is 0.320 e. The molecule has 0 spiro atoms. The van der Waals surface area contributed by atoms with E-state index in [0.717, 1.165) is 6.42 Å². The largest absolute Gasteiger partial charge is 0.480 e. The molecule has 0 saturated heterocycles. The Hall–Kier alpha value is -1.68. The number of carbonyl (C=O) groups excluding carboxylic acids is 1. The monoisotopic (exact) mass is 235 g/mol. The summed E-state index contributed by atoms with van der Waals surface area (Å²) in [5.74, 6) is -1.14. The second kappa shape index (κ2) is 6.15. The molecule has 0 unspecified atom stereocenters. The van der Waals surface area contributed by atoms with Crippen LogP contribution in [0.4, 0.5) is 0 Å². The highest BCUT2D eigenvalue weighted by molar-refractivity contribution is 5.96. The van der Waals surface area contributed by atoms with Gasteiger partial charge in [0.1, 0.15) is 6.04 Å². The number of aryl methyl sites for hydroxylation is 1.